The Morgan fingerprint density at radius 3 is 2.32 bits per heavy atom. The monoisotopic (exact) mass is 429 g/mol. The van der Waals surface area contributed by atoms with Crippen molar-refractivity contribution in [2.75, 3.05) is 41.5 Å². The summed E-state index contributed by atoms with van der Waals surface area (Å²) in [6.07, 6.45) is 4.68. The van der Waals surface area contributed by atoms with Crippen molar-refractivity contribution in [1.82, 2.24) is 14.9 Å². The van der Waals surface area contributed by atoms with E-state index < -0.39 is 5.60 Å². The Hall–Kier alpha value is -2.58. The van der Waals surface area contributed by atoms with E-state index in [-0.39, 0.29) is 17.8 Å². The van der Waals surface area contributed by atoms with Crippen LogP contribution in [-0.4, -0.2) is 61.5 Å². The molecular weight excluding hydrogens is 398 g/mol. The molecule has 0 radical (unpaired) electrons. The standard InChI is InChI=1S/C23H31N3O5/c1-28-19-9-8-15(10-20(19)29-2)12-26-13-16-6-5-7-17(14-26)23(16,27)18-11-24-22(31-4)25-21(18)30-3/h8-11,16-17,27H,5-7,12-14H2,1-4H3/t16-,17+,23?. The molecule has 2 bridgehead atoms. The Kier molecular flexibility index (Phi) is 6.20. The van der Waals surface area contributed by atoms with Crippen LogP contribution in [0, 0.1) is 11.8 Å². The number of piperidine rings is 1. The largest absolute Gasteiger partial charge is 0.493 e. The Labute approximate surface area is 183 Å². The lowest BCUT2D eigenvalue weighted by molar-refractivity contribution is -0.149. The third-order valence-electron chi connectivity index (χ3n) is 6.70. The lowest BCUT2D eigenvalue weighted by Crippen LogP contribution is -2.58. The van der Waals surface area contributed by atoms with Crippen LogP contribution in [0.5, 0.6) is 23.4 Å². The molecule has 3 atom stereocenters. The first-order valence-corrected chi connectivity index (χ1v) is 10.6. The molecule has 1 saturated carbocycles. The number of fused-ring (bicyclic) bond motifs is 2. The quantitative estimate of drug-likeness (QED) is 0.719. The second-order valence-corrected chi connectivity index (χ2v) is 8.31. The summed E-state index contributed by atoms with van der Waals surface area (Å²) in [5.74, 6) is 1.99. The van der Waals surface area contributed by atoms with Gasteiger partial charge in [0.05, 0.1) is 34.0 Å². The highest BCUT2D eigenvalue weighted by atomic mass is 16.5. The zero-order chi connectivity index (χ0) is 22.0. The van der Waals surface area contributed by atoms with Gasteiger partial charge in [-0.25, -0.2) is 4.98 Å². The number of rotatable bonds is 7. The smallest absolute Gasteiger partial charge is 0.319 e. The summed E-state index contributed by atoms with van der Waals surface area (Å²) < 4.78 is 21.5. The molecule has 2 aliphatic rings. The maximum Gasteiger partial charge on any atom is 0.319 e. The third-order valence-corrected chi connectivity index (χ3v) is 6.70. The molecular formula is C23H31N3O5. The van der Waals surface area contributed by atoms with Gasteiger partial charge in [0.1, 0.15) is 5.60 Å². The van der Waals surface area contributed by atoms with E-state index in [1.807, 2.05) is 12.1 Å². The van der Waals surface area contributed by atoms with Gasteiger partial charge in [-0.3, -0.25) is 4.90 Å². The van der Waals surface area contributed by atoms with Gasteiger partial charge in [-0.2, -0.15) is 4.98 Å². The SMILES string of the molecule is COc1ncc(C2(O)[C@@H]3CCC[C@H]2CN(Cc2ccc(OC)c(OC)c2)C3)c(OC)n1. The Morgan fingerprint density at radius 2 is 1.71 bits per heavy atom. The van der Waals surface area contributed by atoms with Crippen LogP contribution in [0.1, 0.15) is 30.4 Å². The molecule has 2 aromatic rings. The van der Waals surface area contributed by atoms with Crippen molar-refractivity contribution in [3.05, 3.63) is 35.5 Å². The minimum atomic E-state index is -1.01. The summed E-state index contributed by atoms with van der Waals surface area (Å²) in [7, 11) is 6.37. The van der Waals surface area contributed by atoms with Gasteiger partial charge in [-0.15, -0.1) is 0 Å². The molecule has 8 heteroatoms. The van der Waals surface area contributed by atoms with E-state index in [0.29, 0.717) is 11.4 Å². The van der Waals surface area contributed by atoms with Gasteiger partial charge < -0.3 is 24.1 Å². The Balaban J connectivity index is 1.58. The molecule has 1 aliphatic heterocycles. The second-order valence-electron chi connectivity index (χ2n) is 8.31. The fourth-order valence-corrected chi connectivity index (χ4v) is 5.23. The maximum atomic E-state index is 12.0. The van der Waals surface area contributed by atoms with E-state index in [2.05, 4.69) is 20.9 Å². The summed E-state index contributed by atoms with van der Waals surface area (Å²) in [5.41, 5.74) is 0.812. The predicted octanol–water partition coefficient (Wildman–Crippen LogP) is 2.63. The van der Waals surface area contributed by atoms with Crippen molar-refractivity contribution in [2.24, 2.45) is 11.8 Å². The zero-order valence-electron chi connectivity index (χ0n) is 18.6. The molecule has 1 saturated heterocycles. The topological polar surface area (TPSA) is 86.2 Å². The van der Waals surface area contributed by atoms with E-state index in [1.165, 1.54) is 7.11 Å². The number of nitrogens with zero attached hydrogens (tertiary/aromatic N) is 3. The van der Waals surface area contributed by atoms with E-state index in [4.69, 9.17) is 18.9 Å². The molecule has 1 aliphatic carbocycles. The summed E-state index contributed by atoms with van der Waals surface area (Å²) in [6.45, 7) is 2.37. The first-order valence-electron chi connectivity index (χ1n) is 10.6. The molecule has 1 aromatic heterocycles. The van der Waals surface area contributed by atoms with Crippen LogP contribution in [0.3, 0.4) is 0 Å². The predicted molar refractivity (Wildman–Crippen MR) is 115 cm³/mol. The summed E-state index contributed by atoms with van der Waals surface area (Å²) in [4.78, 5) is 11.0. The lowest BCUT2D eigenvalue weighted by atomic mass is 9.63. The van der Waals surface area contributed by atoms with Gasteiger partial charge in [0.15, 0.2) is 11.5 Å². The van der Waals surface area contributed by atoms with Crippen LogP contribution < -0.4 is 18.9 Å². The van der Waals surface area contributed by atoms with Gasteiger partial charge >= 0.3 is 6.01 Å². The van der Waals surface area contributed by atoms with Gasteiger partial charge in [-0.1, -0.05) is 12.5 Å². The molecule has 2 heterocycles. The van der Waals surface area contributed by atoms with E-state index in [9.17, 15) is 5.11 Å². The molecule has 1 unspecified atom stereocenters. The van der Waals surface area contributed by atoms with Crippen molar-refractivity contribution in [3.8, 4) is 23.4 Å². The summed E-state index contributed by atoms with van der Waals surface area (Å²) in [5, 5.41) is 12.0. The third kappa shape index (κ3) is 3.90. The van der Waals surface area contributed by atoms with Gasteiger partial charge in [-0.05, 0) is 30.5 Å². The number of likely N-dealkylation sites (tertiary alicyclic amines) is 1. The van der Waals surface area contributed by atoms with E-state index >= 15 is 0 Å². The first-order chi connectivity index (χ1) is 15.0. The van der Waals surface area contributed by atoms with Crippen LogP contribution in [0.15, 0.2) is 24.4 Å². The summed E-state index contributed by atoms with van der Waals surface area (Å²) in [6, 6.07) is 6.27. The van der Waals surface area contributed by atoms with Crippen LogP contribution in [0.2, 0.25) is 0 Å². The number of methoxy groups -OCH3 is 4. The normalized spacial score (nSPS) is 25.7. The first kappa shape index (κ1) is 21.6. The Morgan fingerprint density at radius 1 is 1.00 bits per heavy atom. The van der Waals surface area contributed by atoms with Crippen molar-refractivity contribution in [2.45, 2.75) is 31.4 Å². The van der Waals surface area contributed by atoms with Crippen molar-refractivity contribution < 1.29 is 24.1 Å². The van der Waals surface area contributed by atoms with Gasteiger partial charge in [0, 0.05) is 37.7 Å². The molecule has 31 heavy (non-hydrogen) atoms. The number of hydrogen-bond acceptors (Lipinski definition) is 8. The second kappa shape index (κ2) is 8.88. The number of hydrogen-bond donors (Lipinski definition) is 1. The number of ether oxygens (including phenoxy) is 4. The minimum Gasteiger partial charge on any atom is -0.493 e. The molecule has 4 rings (SSSR count). The summed E-state index contributed by atoms with van der Waals surface area (Å²) >= 11 is 0. The molecule has 1 aromatic carbocycles. The fourth-order valence-electron chi connectivity index (χ4n) is 5.23. The average molecular weight is 430 g/mol. The van der Waals surface area contributed by atoms with Crippen LogP contribution in [-0.2, 0) is 12.1 Å². The van der Waals surface area contributed by atoms with Crippen LogP contribution >= 0.6 is 0 Å². The highest BCUT2D eigenvalue weighted by Gasteiger charge is 2.53. The van der Waals surface area contributed by atoms with Crippen molar-refractivity contribution in [1.29, 1.82) is 0 Å². The van der Waals surface area contributed by atoms with Crippen molar-refractivity contribution in [3.63, 3.8) is 0 Å². The molecule has 2 fully saturated rings. The molecule has 1 N–H and O–H groups in total. The van der Waals surface area contributed by atoms with Gasteiger partial charge in [0.2, 0.25) is 5.88 Å². The lowest BCUT2D eigenvalue weighted by Gasteiger charge is -2.53. The number of benzene rings is 1. The molecule has 0 amide bonds. The average Bonchev–Trinajstić information content (AvgIpc) is 2.79. The highest BCUT2D eigenvalue weighted by molar-refractivity contribution is 5.43. The van der Waals surface area contributed by atoms with E-state index in [1.54, 1.807) is 27.5 Å². The van der Waals surface area contributed by atoms with Crippen LogP contribution in [0.25, 0.3) is 0 Å². The molecule has 168 valence electrons. The molecule has 8 nitrogen and oxygen atoms in total. The number of aliphatic hydroxyl groups is 1. The number of aromatic nitrogens is 2. The fraction of sp³-hybridized carbons (Fsp3) is 0.565. The zero-order valence-corrected chi connectivity index (χ0v) is 18.6. The highest BCUT2D eigenvalue weighted by Crippen LogP contribution is 2.51. The maximum absolute atomic E-state index is 12.0. The van der Waals surface area contributed by atoms with Crippen molar-refractivity contribution >= 4 is 0 Å². The minimum absolute atomic E-state index is 0.0750. The van der Waals surface area contributed by atoms with Gasteiger partial charge in [0.25, 0.3) is 0 Å². The van der Waals surface area contributed by atoms with Crippen LogP contribution in [0.4, 0.5) is 0 Å². The van der Waals surface area contributed by atoms with E-state index in [0.717, 1.165) is 56.0 Å². The Bertz CT molecular complexity index is 908. The molecule has 0 spiro atoms.